The number of ether oxygens (including phenoxy) is 2. The Morgan fingerprint density at radius 3 is 2.29 bits per heavy atom. The molecule has 0 radical (unpaired) electrons. The molecule has 2 N–H and O–H groups in total. The van der Waals surface area contributed by atoms with Crippen molar-refractivity contribution in [3.05, 3.63) is 59.9 Å². The molecule has 4 heteroatoms. The first kappa shape index (κ1) is 15.3. The summed E-state index contributed by atoms with van der Waals surface area (Å²) in [6.45, 7) is 1.97. The molecule has 0 spiro atoms. The number of hydrogen-bond donors (Lipinski definition) is 1. The second kappa shape index (κ2) is 7.09. The van der Waals surface area contributed by atoms with Gasteiger partial charge in [-0.05, 0) is 24.6 Å². The number of rotatable bonds is 6. The van der Waals surface area contributed by atoms with E-state index >= 15 is 0 Å². The first-order chi connectivity index (χ1) is 10.2. The van der Waals surface area contributed by atoms with Gasteiger partial charge in [0, 0.05) is 11.6 Å². The van der Waals surface area contributed by atoms with Gasteiger partial charge in [-0.2, -0.15) is 0 Å². The zero-order valence-electron chi connectivity index (χ0n) is 12.3. The summed E-state index contributed by atoms with van der Waals surface area (Å²) in [7, 11) is 1.59. The van der Waals surface area contributed by atoms with Crippen LogP contribution in [0.3, 0.4) is 0 Å². The summed E-state index contributed by atoms with van der Waals surface area (Å²) in [5, 5.41) is 0. The van der Waals surface area contributed by atoms with E-state index in [1.54, 1.807) is 25.3 Å². The highest BCUT2D eigenvalue weighted by atomic mass is 19.1. The Hall–Kier alpha value is -2.07. The Labute approximate surface area is 124 Å². The first-order valence-electron chi connectivity index (χ1n) is 6.97. The highest BCUT2D eigenvalue weighted by Gasteiger charge is 2.24. The summed E-state index contributed by atoms with van der Waals surface area (Å²) < 4.78 is 25.0. The Morgan fingerprint density at radius 2 is 1.67 bits per heavy atom. The van der Waals surface area contributed by atoms with Crippen LogP contribution in [0.25, 0.3) is 0 Å². The summed E-state index contributed by atoms with van der Waals surface area (Å²) >= 11 is 0. The van der Waals surface area contributed by atoms with Crippen LogP contribution in [-0.4, -0.2) is 13.2 Å². The fraction of sp³-hybridized carbons (Fsp3) is 0.294. The first-order valence-corrected chi connectivity index (χ1v) is 6.97. The van der Waals surface area contributed by atoms with Gasteiger partial charge < -0.3 is 15.2 Å². The maximum absolute atomic E-state index is 13.8. The minimum atomic E-state index is -0.469. The van der Waals surface area contributed by atoms with Crippen LogP contribution < -0.4 is 15.2 Å². The molecule has 0 amide bonds. The topological polar surface area (TPSA) is 44.5 Å². The molecule has 0 aromatic heterocycles. The van der Waals surface area contributed by atoms with Gasteiger partial charge in [0.2, 0.25) is 0 Å². The van der Waals surface area contributed by atoms with E-state index in [9.17, 15) is 4.39 Å². The van der Waals surface area contributed by atoms with Crippen LogP contribution in [-0.2, 0) is 0 Å². The van der Waals surface area contributed by atoms with Crippen LogP contribution in [0.1, 0.15) is 25.0 Å². The summed E-state index contributed by atoms with van der Waals surface area (Å²) in [5.41, 5.74) is 6.98. The molecule has 0 heterocycles. The molecule has 0 saturated carbocycles. The molecule has 2 atom stereocenters. The second-order valence-corrected chi connectivity index (χ2v) is 4.78. The molecule has 112 valence electrons. The van der Waals surface area contributed by atoms with Crippen molar-refractivity contribution in [3.8, 4) is 11.5 Å². The van der Waals surface area contributed by atoms with Gasteiger partial charge in [-0.25, -0.2) is 4.39 Å². The van der Waals surface area contributed by atoms with Gasteiger partial charge in [0.05, 0.1) is 7.11 Å². The van der Waals surface area contributed by atoms with E-state index in [0.29, 0.717) is 12.2 Å². The van der Waals surface area contributed by atoms with Gasteiger partial charge in [-0.3, -0.25) is 0 Å². The number of halogens is 1. The summed E-state index contributed by atoms with van der Waals surface area (Å²) in [4.78, 5) is 0. The summed E-state index contributed by atoms with van der Waals surface area (Å²) in [6.07, 6.45) is 0.236. The number of para-hydroxylation sites is 2. The molecular weight excluding hydrogens is 269 g/mol. The van der Waals surface area contributed by atoms with Crippen molar-refractivity contribution < 1.29 is 13.9 Å². The van der Waals surface area contributed by atoms with Crippen molar-refractivity contribution >= 4 is 0 Å². The zero-order valence-corrected chi connectivity index (χ0v) is 12.3. The third-order valence-electron chi connectivity index (χ3n) is 3.40. The minimum Gasteiger partial charge on any atom is -0.496 e. The predicted molar refractivity (Wildman–Crippen MR) is 81.0 cm³/mol. The highest BCUT2D eigenvalue weighted by molar-refractivity contribution is 5.37. The van der Waals surface area contributed by atoms with E-state index in [2.05, 4.69) is 0 Å². The maximum Gasteiger partial charge on any atom is 0.165 e. The van der Waals surface area contributed by atoms with Crippen LogP contribution in [0.2, 0.25) is 0 Å². The van der Waals surface area contributed by atoms with Crippen molar-refractivity contribution in [3.63, 3.8) is 0 Å². The Balaban J connectivity index is 2.37. The lowest BCUT2D eigenvalue weighted by atomic mass is 9.99. The summed E-state index contributed by atoms with van der Waals surface area (Å²) in [5.74, 6) is 0.473. The maximum atomic E-state index is 13.8. The van der Waals surface area contributed by atoms with Crippen LogP contribution in [0.5, 0.6) is 11.5 Å². The molecule has 2 aromatic rings. The second-order valence-electron chi connectivity index (χ2n) is 4.78. The normalized spacial score (nSPS) is 13.5. The molecule has 0 fully saturated rings. The Kier molecular flexibility index (Phi) is 5.17. The quantitative estimate of drug-likeness (QED) is 0.882. The SMILES string of the molecule is CCC(N)C(Oc1ccccc1F)c1ccccc1OC. The standard InChI is InChI=1S/C17H20FNO2/c1-3-14(19)17(12-8-4-6-10-15(12)20-2)21-16-11-7-5-9-13(16)18/h4-11,14,17H,3,19H2,1-2H3. The lowest BCUT2D eigenvalue weighted by Gasteiger charge is -2.26. The van der Waals surface area contributed by atoms with Gasteiger partial charge in [-0.1, -0.05) is 37.3 Å². The average Bonchev–Trinajstić information content (AvgIpc) is 2.53. The molecule has 0 aliphatic rings. The Morgan fingerprint density at radius 1 is 1.05 bits per heavy atom. The molecule has 2 aromatic carbocycles. The molecule has 3 nitrogen and oxygen atoms in total. The van der Waals surface area contributed by atoms with Crippen LogP contribution in [0, 0.1) is 5.82 Å². The van der Waals surface area contributed by atoms with Gasteiger partial charge >= 0.3 is 0 Å². The molecule has 2 rings (SSSR count). The van der Waals surface area contributed by atoms with Crippen molar-refractivity contribution in [2.24, 2.45) is 5.73 Å². The van der Waals surface area contributed by atoms with Crippen LogP contribution >= 0.6 is 0 Å². The average molecular weight is 289 g/mol. The van der Waals surface area contributed by atoms with Crippen LogP contribution in [0.15, 0.2) is 48.5 Å². The zero-order chi connectivity index (χ0) is 15.2. The van der Waals surface area contributed by atoms with Gasteiger partial charge in [0.25, 0.3) is 0 Å². The van der Waals surface area contributed by atoms with E-state index in [1.807, 2.05) is 31.2 Å². The number of hydrogen-bond acceptors (Lipinski definition) is 3. The smallest absolute Gasteiger partial charge is 0.165 e. The van der Waals surface area contributed by atoms with Gasteiger partial charge in [-0.15, -0.1) is 0 Å². The molecule has 2 unspecified atom stereocenters. The van der Waals surface area contributed by atoms with Crippen LogP contribution in [0.4, 0.5) is 4.39 Å². The minimum absolute atomic E-state index is 0.192. The largest absolute Gasteiger partial charge is 0.496 e. The third kappa shape index (κ3) is 3.52. The summed E-state index contributed by atoms with van der Waals surface area (Å²) in [6, 6.07) is 13.6. The van der Waals surface area contributed by atoms with Gasteiger partial charge in [0.15, 0.2) is 11.6 Å². The molecule has 0 aliphatic heterocycles. The van der Waals surface area contributed by atoms with E-state index < -0.39 is 11.9 Å². The molecule has 0 saturated heterocycles. The van der Waals surface area contributed by atoms with Gasteiger partial charge in [0.1, 0.15) is 11.9 Å². The lowest BCUT2D eigenvalue weighted by molar-refractivity contribution is 0.160. The van der Waals surface area contributed by atoms with Crippen molar-refractivity contribution in [2.75, 3.05) is 7.11 Å². The highest BCUT2D eigenvalue weighted by Crippen LogP contribution is 2.32. The molecule has 0 bridgehead atoms. The fourth-order valence-corrected chi connectivity index (χ4v) is 2.17. The number of methoxy groups -OCH3 is 1. The van der Waals surface area contributed by atoms with Crippen molar-refractivity contribution in [1.82, 2.24) is 0 Å². The molecule has 0 aliphatic carbocycles. The number of benzene rings is 2. The van der Waals surface area contributed by atoms with Crippen molar-refractivity contribution in [2.45, 2.75) is 25.5 Å². The van der Waals surface area contributed by atoms with E-state index in [0.717, 1.165) is 5.56 Å². The monoisotopic (exact) mass is 289 g/mol. The molecule has 21 heavy (non-hydrogen) atoms. The fourth-order valence-electron chi connectivity index (χ4n) is 2.17. The third-order valence-corrected chi connectivity index (χ3v) is 3.40. The lowest BCUT2D eigenvalue weighted by Crippen LogP contribution is -2.32. The molecular formula is C17H20FNO2. The van der Waals surface area contributed by atoms with Crippen molar-refractivity contribution in [1.29, 1.82) is 0 Å². The van der Waals surface area contributed by atoms with E-state index in [-0.39, 0.29) is 11.8 Å². The van der Waals surface area contributed by atoms with E-state index in [4.69, 9.17) is 15.2 Å². The Bertz CT molecular complexity index is 589. The number of nitrogens with two attached hydrogens (primary N) is 1. The van der Waals surface area contributed by atoms with E-state index in [1.165, 1.54) is 6.07 Å². The predicted octanol–water partition coefficient (Wildman–Crippen LogP) is 3.69.